The van der Waals surface area contributed by atoms with Crippen LogP contribution in [-0.4, -0.2) is 10.2 Å². The molecule has 2 N–H and O–H groups in total. The number of rotatable bonds is 2. The molecule has 0 heterocycles. The van der Waals surface area contributed by atoms with Gasteiger partial charge in [-0.3, -0.25) is 0 Å². The van der Waals surface area contributed by atoms with Crippen molar-refractivity contribution in [3.05, 3.63) is 29.3 Å². The first-order valence-corrected chi connectivity index (χ1v) is 4.74. The summed E-state index contributed by atoms with van der Waals surface area (Å²) in [5, 5.41) is 17.7. The van der Waals surface area contributed by atoms with Gasteiger partial charge >= 0.3 is 80.7 Å². The van der Waals surface area contributed by atoms with E-state index < -0.39 is 0 Å². The van der Waals surface area contributed by atoms with Gasteiger partial charge in [0.1, 0.15) is 0 Å². The molecule has 0 saturated heterocycles. The van der Waals surface area contributed by atoms with Gasteiger partial charge in [0.2, 0.25) is 0 Å². The topological polar surface area (TPSA) is 40.5 Å². The van der Waals surface area contributed by atoms with Crippen LogP contribution in [0.2, 0.25) is 0 Å². The maximum atomic E-state index is 8.87. The van der Waals surface area contributed by atoms with Gasteiger partial charge in [-0.1, -0.05) is 0 Å². The normalized spacial score (nSPS) is 10.1. The van der Waals surface area contributed by atoms with Crippen molar-refractivity contribution in [1.82, 2.24) is 0 Å². The van der Waals surface area contributed by atoms with E-state index in [9.17, 15) is 0 Å². The Hall–Kier alpha value is 0.0231. The Morgan fingerprint density at radius 3 is 1.91 bits per heavy atom. The number of benzene rings is 1. The molecule has 0 aliphatic rings. The summed E-state index contributed by atoms with van der Waals surface area (Å²) in [5.74, 6) is 0. The summed E-state index contributed by atoms with van der Waals surface area (Å²) in [4.78, 5) is 0. The zero-order chi connectivity index (χ0) is 8.27. The molecular formula is C8H9AtO2. The van der Waals surface area contributed by atoms with Gasteiger partial charge in [-0.2, -0.15) is 0 Å². The summed E-state index contributed by atoms with van der Waals surface area (Å²) in [7, 11) is 0. The molecule has 0 saturated carbocycles. The van der Waals surface area contributed by atoms with E-state index in [1.54, 1.807) is 0 Å². The van der Waals surface area contributed by atoms with Crippen molar-refractivity contribution in [2.45, 2.75) is 13.2 Å². The summed E-state index contributed by atoms with van der Waals surface area (Å²) in [6, 6.07) is 5.59. The van der Waals surface area contributed by atoms with Crippen molar-refractivity contribution in [2.24, 2.45) is 0 Å². The predicted octanol–water partition coefficient (Wildman–Crippen LogP) is -0.154. The number of hydrogen-bond acceptors (Lipinski definition) is 2. The molecule has 0 unspecified atom stereocenters. The first-order chi connectivity index (χ1) is 5.29. The molecule has 0 aromatic heterocycles. The van der Waals surface area contributed by atoms with Crippen molar-refractivity contribution in [2.75, 3.05) is 0 Å². The maximum absolute atomic E-state index is 8.87. The Bertz CT molecular complexity index is 226. The van der Waals surface area contributed by atoms with Crippen LogP contribution in [-0.2, 0) is 13.2 Å². The van der Waals surface area contributed by atoms with Crippen molar-refractivity contribution in [3.8, 4) is 0 Å². The minimum absolute atomic E-state index is 0.0552. The van der Waals surface area contributed by atoms with E-state index in [1.165, 1.54) is 24.7 Å². The molecule has 3 heteroatoms. The van der Waals surface area contributed by atoms with Crippen molar-refractivity contribution >= 4 is 3.27 Å². The summed E-state index contributed by atoms with van der Waals surface area (Å²) >= 11 is 1.49. The standard InChI is InChI=1S/C8H9AtO2/c9-8-6(4-10)2-1-3-7(8)5-11/h1-3,10-11H,4-5H2. The van der Waals surface area contributed by atoms with Crippen LogP contribution in [0, 0.1) is 24.7 Å². The fourth-order valence-corrected chi connectivity index (χ4v) is 1.83. The van der Waals surface area contributed by atoms with Gasteiger partial charge in [0.05, 0.1) is 0 Å². The van der Waals surface area contributed by atoms with E-state index in [2.05, 4.69) is 0 Å². The van der Waals surface area contributed by atoms with Crippen molar-refractivity contribution in [3.63, 3.8) is 0 Å². The molecule has 0 radical (unpaired) electrons. The van der Waals surface area contributed by atoms with Gasteiger partial charge in [0.25, 0.3) is 0 Å². The molecule has 1 aromatic carbocycles. The van der Waals surface area contributed by atoms with Crippen LogP contribution in [0.4, 0.5) is 0 Å². The Morgan fingerprint density at radius 2 is 1.55 bits per heavy atom. The summed E-state index contributed by atoms with van der Waals surface area (Å²) in [6.45, 7) is 0.110. The molecule has 0 aliphatic carbocycles. The van der Waals surface area contributed by atoms with Gasteiger partial charge in [-0.15, -0.1) is 0 Å². The Kier molecular flexibility index (Phi) is 3.44. The average Bonchev–Trinajstić information content (AvgIpc) is 2.05. The summed E-state index contributed by atoms with van der Waals surface area (Å²) in [5.41, 5.74) is 1.82. The SMILES string of the molecule is OCc1cccc(CO)c1[At]. The molecule has 0 bridgehead atoms. The molecule has 0 atom stereocenters. The van der Waals surface area contributed by atoms with E-state index in [0.29, 0.717) is 0 Å². The molecule has 11 heavy (non-hydrogen) atoms. The van der Waals surface area contributed by atoms with Crippen LogP contribution in [0.15, 0.2) is 18.2 Å². The third kappa shape index (κ3) is 1.99. The Labute approximate surface area is 80.7 Å². The molecule has 0 amide bonds. The van der Waals surface area contributed by atoms with Gasteiger partial charge in [-0.25, -0.2) is 0 Å². The van der Waals surface area contributed by atoms with Crippen LogP contribution in [0.1, 0.15) is 11.1 Å². The molecule has 0 aliphatic heterocycles. The van der Waals surface area contributed by atoms with Crippen LogP contribution in [0.25, 0.3) is 0 Å². The molecule has 60 valence electrons. The van der Waals surface area contributed by atoms with Crippen LogP contribution < -0.4 is 3.27 Å². The van der Waals surface area contributed by atoms with Gasteiger partial charge in [0, 0.05) is 0 Å². The predicted molar refractivity (Wildman–Crippen MR) is 37.9 cm³/mol. The molecule has 0 fully saturated rings. The molecule has 1 rings (SSSR count). The fourth-order valence-electron chi connectivity index (χ4n) is 0.877. The Morgan fingerprint density at radius 1 is 1.09 bits per heavy atom. The van der Waals surface area contributed by atoms with E-state index in [1.807, 2.05) is 18.2 Å². The second-order valence-corrected chi connectivity index (χ2v) is 3.68. The third-order valence-corrected chi connectivity index (χ3v) is 3.39. The van der Waals surface area contributed by atoms with E-state index in [-0.39, 0.29) is 13.2 Å². The molecular weight excluding hydrogens is 338 g/mol. The van der Waals surface area contributed by atoms with Crippen LogP contribution in [0.5, 0.6) is 0 Å². The third-order valence-electron chi connectivity index (χ3n) is 1.50. The van der Waals surface area contributed by atoms with E-state index in [0.717, 1.165) is 14.4 Å². The van der Waals surface area contributed by atoms with E-state index >= 15 is 0 Å². The summed E-state index contributed by atoms with van der Waals surface area (Å²) in [6.07, 6.45) is 0. The molecule has 2 nitrogen and oxygen atoms in total. The van der Waals surface area contributed by atoms with E-state index in [4.69, 9.17) is 10.2 Å². The zero-order valence-corrected chi connectivity index (χ0v) is 8.86. The average molecular weight is 347 g/mol. The van der Waals surface area contributed by atoms with Crippen LogP contribution in [0.3, 0.4) is 0 Å². The van der Waals surface area contributed by atoms with Gasteiger partial charge in [-0.05, 0) is 0 Å². The molecule has 0 spiro atoms. The second-order valence-electron chi connectivity index (χ2n) is 2.21. The Balaban J connectivity index is 3.10. The van der Waals surface area contributed by atoms with Crippen molar-refractivity contribution < 1.29 is 34.9 Å². The fraction of sp³-hybridized carbons (Fsp3) is 0.250. The van der Waals surface area contributed by atoms with Crippen molar-refractivity contribution in [1.29, 1.82) is 0 Å². The molecule has 1 aromatic rings. The van der Waals surface area contributed by atoms with Crippen LogP contribution >= 0.6 is 0 Å². The summed E-state index contributed by atoms with van der Waals surface area (Å²) < 4.78 is 1.04. The van der Waals surface area contributed by atoms with Gasteiger partial charge < -0.3 is 0 Å². The first-order valence-electron chi connectivity index (χ1n) is 3.27. The number of aliphatic hydroxyl groups excluding tert-OH is 2. The quantitative estimate of drug-likeness (QED) is 0.781. The van der Waals surface area contributed by atoms with Gasteiger partial charge in [0.15, 0.2) is 0 Å². The zero-order valence-electron chi connectivity index (χ0n) is 5.92. The monoisotopic (exact) mass is 347 g/mol. The minimum atomic E-state index is 0.0552. The number of hydrogen-bond donors (Lipinski definition) is 2. The first kappa shape index (κ1) is 9.11. The second kappa shape index (κ2) is 4.15. The number of aliphatic hydroxyl groups is 2.